The summed E-state index contributed by atoms with van der Waals surface area (Å²) in [5, 5.41) is 0. The Morgan fingerprint density at radius 2 is 1.47 bits per heavy atom. The van der Waals surface area contributed by atoms with Gasteiger partial charge >= 0.3 is 0 Å². The van der Waals surface area contributed by atoms with Crippen LogP contribution in [0.1, 0.15) is 122 Å². The monoisotopic (exact) mass is 466 g/mol. The molecule has 0 radical (unpaired) electrons. The van der Waals surface area contributed by atoms with E-state index in [-0.39, 0.29) is 23.8 Å². The second kappa shape index (κ2) is 12.7. The third-order valence-electron chi connectivity index (χ3n) is 6.99. The van der Waals surface area contributed by atoms with Crippen LogP contribution in [-0.2, 0) is 4.79 Å². The lowest BCUT2D eigenvalue weighted by atomic mass is 9.77. The van der Waals surface area contributed by atoms with Crippen LogP contribution in [0.2, 0.25) is 0 Å². The zero-order valence-corrected chi connectivity index (χ0v) is 22.9. The molecular formula is C32H50O2. The normalized spacial score (nSPS) is 19.7. The lowest BCUT2D eigenvalue weighted by Crippen LogP contribution is -2.16. The Labute approximate surface area is 210 Å². The molecule has 1 aromatic carbocycles. The Morgan fingerprint density at radius 1 is 0.882 bits per heavy atom. The maximum Gasteiger partial charge on any atom is 0.163 e. The van der Waals surface area contributed by atoms with Crippen LogP contribution in [0.25, 0.3) is 6.08 Å². The molecule has 1 saturated carbocycles. The van der Waals surface area contributed by atoms with Gasteiger partial charge in [0.15, 0.2) is 11.6 Å². The number of carbonyl (C=O) groups is 2. The minimum Gasteiger partial charge on any atom is -0.295 e. The fourth-order valence-corrected chi connectivity index (χ4v) is 4.75. The molecule has 2 heteroatoms. The maximum absolute atomic E-state index is 13.0. The number of hydrogen-bond acceptors (Lipinski definition) is 2. The van der Waals surface area contributed by atoms with Crippen molar-refractivity contribution in [2.24, 2.45) is 22.7 Å². The second-order valence-electron chi connectivity index (χ2n) is 12.6. The summed E-state index contributed by atoms with van der Waals surface area (Å²) in [6.07, 6.45) is 17.6. The van der Waals surface area contributed by atoms with Gasteiger partial charge in [-0.15, -0.1) is 0 Å². The molecule has 0 amide bonds. The standard InChI is InChI=1S/C32H48O2.H2/c1-24-27(20-22-31(2,3)4)11-9-13-29(24)30(34)19-18-26-16-14-25(15-17-26)10-8-12-28(33)21-23-32(5,6)7;/h9,11,13,20-23,25-26H,8,10,12,14-19H2,1-7H3;1H/b22-20-,23-21-;. The minimum atomic E-state index is 0. The van der Waals surface area contributed by atoms with Gasteiger partial charge < -0.3 is 0 Å². The van der Waals surface area contributed by atoms with Crippen molar-refractivity contribution in [3.05, 3.63) is 53.1 Å². The minimum absolute atomic E-state index is 0. The topological polar surface area (TPSA) is 34.1 Å². The summed E-state index contributed by atoms with van der Waals surface area (Å²) in [7, 11) is 0. The van der Waals surface area contributed by atoms with Crippen LogP contribution in [-0.4, -0.2) is 11.6 Å². The van der Waals surface area contributed by atoms with E-state index in [1.165, 1.54) is 25.7 Å². The quantitative estimate of drug-likeness (QED) is 0.254. The van der Waals surface area contributed by atoms with Crippen LogP contribution in [0, 0.1) is 29.6 Å². The van der Waals surface area contributed by atoms with Crippen LogP contribution in [0.5, 0.6) is 0 Å². The molecule has 2 rings (SSSR count). The van der Waals surface area contributed by atoms with Gasteiger partial charge in [-0.25, -0.2) is 0 Å². The van der Waals surface area contributed by atoms with Crippen LogP contribution in [0.15, 0.2) is 36.4 Å². The number of hydrogen-bond donors (Lipinski definition) is 0. The van der Waals surface area contributed by atoms with Crippen molar-refractivity contribution in [2.75, 3.05) is 0 Å². The summed E-state index contributed by atoms with van der Waals surface area (Å²) in [4.78, 5) is 25.0. The Hall–Kier alpha value is -1.96. The number of Topliss-reactive ketones (excluding diaryl/α,β-unsaturated/α-hetero) is 1. The maximum atomic E-state index is 13.0. The van der Waals surface area contributed by atoms with E-state index in [1.54, 1.807) is 6.08 Å². The van der Waals surface area contributed by atoms with Crippen LogP contribution < -0.4 is 0 Å². The smallest absolute Gasteiger partial charge is 0.163 e. The average molecular weight is 467 g/mol. The van der Waals surface area contributed by atoms with Gasteiger partial charge in [0, 0.05) is 19.8 Å². The van der Waals surface area contributed by atoms with Gasteiger partial charge in [-0.1, -0.05) is 110 Å². The third kappa shape index (κ3) is 10.5. The van der Waals surface area contributed by atoms with Crippen LogP contribution >= 0.6 is 0 Å². The molecule has 1 aliphatic rings. The van der Waals surface area contributed by atoms with E-state index in [1.807, 2.05) is 18.2 Å². The van der Waals surface area contributed by atoms with Gasteiger partial charge in [0.25, 0.3) is 0 Å². The zero-order valence-electron chi connectivity index (χ0n) is 22.9. The van der Waals surface area contributed by atoms with E-state index in [2.05, 4.69) is 66.7 Å². The number of allylic oxidation sites excluding steroid dienone is 3. The van der Waals surface area contributed by atoms with Crippen LogP contribution in [0.4, 0.5) is 0 Å². The number of rotatable bonds is 10. The molecule has 0 bridgehead atoms. The van der Waals surface area contributed by atoms with Gasteiger partial charge in [0.05, 0.1) is 0 Å². The Kier molecular flexibility index (Phi) is 10.5. The summed E-state index contributed by atoms with van der Waals surface area (Å²) in [6, 6.07) is 6.10. The number of benzene rings is 1. The van der Waals surface area contributed by atoms with E-state index in [0.717, 1.165) is 41.9 Å². The summed E-state index contributed by atoms with van der Waals surface area (Å²) in [5.41, 5.74) is 3.33. The number of ketones is 2. The predicted molar refractivity (Wildman–Crippen MR) is 148 cm³/mol. The fraction of sp³-hybridized carbons (Fsp3) is 0.625. The second-order valence-corrected chi connectivity index (χ2v) is 12.6. The summed E-state index contributed by atoms with van der Waals surface area (Å²) in [6.45, 7) is 15.0. The first kappa shape index (κ1) is 28.3. The highest BCUT2D eigenvalue weighted by Gasteiger charge is 2.22. The molecule has 0 heterocycles. The average Bonchev–Trinajstić information content (AvgIpc) is 2.75. The van der Waals surface area contributed by atoms with E-state index in [4.69, 9.17) is 0 Å². The SMILES string of the molecule is Cc1c(/C=C\C(C)(C)C)cccc1C(=O)CCC1CCC(CCCC(=O)/C=C\C(C)(C)C)CC1.[HH]. The molecular weight excluding hydrogens is 416 g/mol. The molecule has 34 heavy (non-hydrogen) atoms. The summed E-state index contributed by atoms with van der Waals surface area (Å²) in [5.74, 6) is 1.96. The van der Waals surface area contributed by atoms with E-state index < -0.39 is 0 Å². The Bertz CT molecular complexity index is 872. The first-order valence-corrected chi connectivity index (χ1v) is 13.4. The highest BCUT2D eigenvalue weighted by molar-refractivity contribution is 5.98. The molecule has 0 saturated heterocycles. The largest absolute Gasteiger partial charge is 0.295 e. The van der Waals surface area contributed by atoms with E-state index in [0.29, 0.717) is 18.8 Å². The first-order valence-electron chi connectivity index (χ1n) is 13.4. The Balaban J connectivity index is 0.00000612. The first-order chi connectivity index (χ1) is 15.8. The van der Waals surface area contributed by atoms with Crippen molar-refractivity contribution in [1.29, 1.82) is 0 Å². The molecule has 0 aromatic heterocycles. The summed E-state index contributed by atoms with van der Waals surface area (Å²) < 4.78 is 0. The molecule has 0 N–H and O–H groups in total. The van der Waals surface area contributed by atoms with Gasteiger partial charge in [0.1, 0.15) is 0 Å². The predicted octanol–water partition coefficient (Wildman–Crippen LogP) is 9.41. The molecule has 1 aromatic rings. The summed E-state index contributed by atoms with van der Waals surface area (Å²) >= 11 is 0. The fourth-order valence-electron chi connectivity index (χ4n) is 4.75. The van der Waals surface area contributed by atoms with Crippen molar-refractivity contribution in [3.8, 4) is 0 Å². The highest BCUT2D eigenvalue weighted by Crippen LogP contribution is 2.34. The molecule has 1 fully saturated rings. The van der Waals surface area contributed by atoms with Crippen molar-refractivity contribution in [2.45, 2.75) is 106 Å². The van der Waals surface area contributed by atoms with Gasteiger partial charge in [-0.2, -0.15) is 0 Å². The van der Waals surface area contributed by atoms with Gasteiger partial charge in [-0.3, -0.25) is 9.59 Å². The van der Waals surface area contributed by atoms with Crippen molar-refractivity contribution in [3.63, 3.8) is 0 Å². The van der Waals surface area contributed by atoms with Gasteiger partial charge in [0.2, 0.25) is 0 Å². The molecule has 0 aliphatic heterocycles. The molecule has 1 aliphatic carbocycles. The van der Waals surface area contributed by atoms with Crippen molar-refractivity contribution in [1.82, 2.24) is 0 Å². The van der Waals surface area contributed by atoms with Gasteiger partial charge in [-0.05, 0) is 59.6 Å². The van der Waals surface area contributed by atoms with E-state index in [9.17, 15) is 9.59 Å². The van der Waals surface area contributed by atoms with Crippen molar-refractivity contribution >= 4 is 17.6 Å². The van der Waals surface area contributed by atoms with Crippen LogP contribution in [0.3, 0.4) is 0 Å². The van der Waals surface area contributed by atoms with Crippen molar-refractivity contribution < 1.29 is 11.0 Å². The van der Waals surface area contributed by atoms with E-state index >= 15 is 0 Å². The molecule has 190 valence electrons. The third-order valence-corrected chi connectivity index (χ3v) is 6.99. The highest BCUT2D eigenvalue weighted by atomic mass is 16.1. The zero-order chi connectivity index (χ0) is 25.4. The molecule has 2 nitrogen and oxygen atoms in total. The molecule has 0 unspecified atom stereocenters. The number of carbonyl (C=O) groups excluding carboxylic acids is 2. The Morgan fingerprint density at radius 3 is 2.06 bits per heavy atom. The molecule has 0 atom stereocenters. The molecule has 0 spiro atoms. The lowest BCUT2D eigenvalue weighted by Gasteiger charge is -2.28. The lowest BCUT2D eigenvalue weighted by molar-refractivity contribution is -0.114.